The molecule has 0 atom stereocenters. The summed E-state index contributed by atoms with van der Waals surface area (Å²) in [5.74, 6) is -4.77. The molecule has 0 saturated carbocycles. The van der Waals surface area contributed by atoms with Crippen LogP contribution in [0.15, 0.2) is 23.4 Å². The fourth-order valence-electron chi connectivity index (χ4n) is 2.14. The Bertz CT molecular complexity index is 1010. The summed E-state index contributed by atoms with van der Waals surface area (Å²) in [5.41, 5.74) is -0.649. The Labute approximate surface area is 163 Å². The van der Waals surface area contributed by atoms with Gasteiger partial charge in [0.2, 0.25) is 11.0 Å². The van der Waals surface area contributed by atoms with E-state index in [0.29, 0.717) is 22.3 Å². The summed E-state index contributed by atoms with van der Waals surface area (Å²) in [5, 5.41) is 8.16. The smallest absolute Gasteiger partial charge is 0.210 e. The van der Waals surface area contributed by atoms with E-state index in [1.165, 1.54) is 12.1 Å². The molecule has 0 radical (unpaired) electrons. The molecule has 1 heterocycles. The Morgan fingerprint density at radius 2 is 1.52 bits per heavy atom. The SMILES string of the molecule is Nn1c(SCc2c(F)c(F)c(F)c(F)c2F)nnc1-c1cc(Cl)ccc1Cl. The van der Waals surface area contributed by atoms with Gasteiger partial charge in [-0.1, -0.05) is 35.0 Å². The van der Waals surface area contributed by atoms with Gasteiger partial charge in [-0.3, -0.25) is 0 Å². The van der Waals surface area contributed by atoms with Gasteiger partial charge >= 0.3 is 0 Å². The van der Waals surface area contributed by atoms with Crippen molar-refractivity contribution in [2.75, 3.05) is 5.84 Å². The molecule has 0 unspecified atom stereocenters. The van der Waals surface area contributed by atoms with Crippen molar-refractivity contribution in [3.63, 3.8) is 0 Å². The lowest BCUT2D eigenvalue weighted by Crippen LogP contribution is -2.12. The van der Waals surface area contributed by atoms with Crippen LogP contribution in [0.3, 0.4) is 0 Å². The number of hydrogen-bond acceptors (Lipinski definition) is 4. The van der Waals surface area contributed by atoms with Crippen LogP contribution in [0, 0.1) is 29.1 Å². The van der Waals surface area contributed by atoms with Crippen molar-refractivity contribution in [3.8, 4) is 11.4 Å². The van der Waals surface area contributed by atoms with Crippen LogP contribution < -0.4 is 5.84 Å². The third-order valence-corrected chi connectivity index (χ3v) is 5.01. The highest BCUT2D eigenvalue weighted by Crippen LogP contribution is 2.32. The first kappa shape index (κ1) is 19.7. The molecule has 4 nitrogen and oxygen atoms in total. The van der Waals surface area contributed by atoms with Crippen LogP contribution in [0.25, 0.3) is 11.4 Å². The number of nitrogen functional groups attached to an aromatic ring is 1. The molecule has 0 spiro atoms. The highest BCUT2D eigenvalue weighted by Gasteiger charge is 2.26. The molecule has 3 rings (SSSR count). The van der Waals surface area contributed by atoms with Crippen LogP contribution in [-0.2, 0) is 5.75 Å². The predicted octanol–water partition coefficient (Wildman–Crippen LogP) is 4.95. The summed E-state index contributed by atoms with van der Waals surface area (Å²) in [4.78, 5) is 0. The van der Waals surface area contributed by atoms with E-state index in [9.17, 15) is 22.0 Å². The summed E-state index contributed by atoms with van der Waals surface area (Å²) in [6.07, 6.45) is 0. The maximum Gasteiger partial charge on any atom is 0.210 e. The molecule has 142 valence electrons. The van der Waals surface area contributed by atoms with E-state index >= 15 is 0 Å². The number of nitrogens with two attached hydrogens (primary N) is 1. The zero-order valence-corrected chi connectivity index (χ0v) is 15.2. The number of nitrogens with zero attached hydrogens (tertiary/aromatic N) is 3. The van der Waals surface area contributed by atoms with E-state index in [-0.39, 0.29) is 16.0 Å². The monoisotopic (exact) mass is 440 g/mol. The van der Waals surface area contributed by atoms with Crippen LogP contribution >= 0.6 is 35.0 Å². The molecule has 0 aliphatic carbocycles. The summed E-state index contributed by atoms with van der Waals surface area (Å²) >= 11 is 12.6. The highest BCUT2D eigenvalue weighted by atomic mass is 35.5. The van der Waals surface area contributed by atoms with Crippen LogP contribution in [0.5, 0.6) is 0 Å². The zero-order chi connectivity index (χ0) is 19.9. The molecule has 1 aromatic heterocycles. The molecule has 2 N–H and O–H groups in total. The molecular formula is C15H7Cl2F5N4S. The van der Waals surface area contributed by atoms with Crippen LogP contribution in [-0.4, -0.2) is 14.9 Å². The van der Waals surface area contributed by atoms with Crippen molar-refractivity contribution in [1.82, 2.24) is 14.9 Å². The molecule has 27 heavy (non-hydrogen) atoms. The quantitative estimate of drug-likeness (QED) is 0.205. The van der Waals surface area contributed by atoms with Crippen molar-refractivity contribution < 1.29 is 22.0 Å². The van der Waals surface area contributed by atoms with Crippen molar-refractivity contribution >= 4 is 35.0 Å². The minimum absolute atomic E-state index is 0.0371. The predicted molar refractivity (Wildman–Crippen MR) is 91.4 cm³/mol. The lowest BCUT2D eigenvalue weighted by atomic mass is 10.2. The first-order chi connectivity index (χ1) is 12.7. The maximum atomic E-state index is 13.7. The Balaban J connectivity index is 1.91. The van der Waals surface area contributed by atoms with Gasteiger partial charge in [0.25, 0.3) is 0 Å². The maximum absolute atomic E-state index is 13.7. The van der Waals surface area contributed by atoms with E-state index in [4.69, 9.17) is 29.0 Å². The summed E-state index contributed by atoms with van der Waals surface area (Å²) in [6.45, 7) is 0. The van der Waals surface area contributed by atoms with Gasteiger partial charge in [-0.15, -0.1) is 10.2 Å². The second-order valence-corrected chi connectivity index (χ2v) is 6.92. The number of halogens is 7. The van der Waals surface area contributed by atoms with Crippen molar-refractivity contribution in [1.29, 1.82) is 0 Å². The zero-order valence-electron chi connectivity index (χ0n) is 12.9. The van der Waals surface area contributed by atoms with Gasteiger partial charge in [0.15, 0.2) is 29.1 Å². The number of thioether (sulfide) groups is 1. The molecule has 3 aromatic rings. The van der Waals surface area contributed by atoms with Gasteiger partial charge in [-0.2, -0.15) is 0 Å². The van der Waals surface area contributed by atoms with Crippen LogP contribution in [0.1, 0.15) is 5.56 Å². The standard InChI is InChI=1S/C15H7Cl2F5N4S/c16-5-1-2-8(17)6(3-5)14-24-25-15(26(14)23)27-4-7-9(18)11(20)13(22)12(21)10(7)19/h1-3H,4,23H2. The van der Waals surface area contributed by atoms with Crippen LogP contribution in [0.4, 0.5) is 22.0 Å². The average Bonchev–Trinajstić information content (AvgIpc) is 3.01. The van der Waals surface area contributed by atoms with Gasteiger partial charge < -0.3 is 5.84 Å². The fourth-order valence-corrected chi connectivity index (χ4v) is 3.37. The Morgan fingerprint density at radius 3 is 2.15 bits per heavy atom. The third kappa shape index (κ3) is 3.56. The minimum atomic E-state index is -2.22. The lowest BCUT2D eigenvalue weighted by Gasteiger charge is -2.08. The van der Waals surface area contributed by atoms with Gasteiger partial charge in [-0.25, -0.2) is 26.6 Å². The van der Waals surface area contributed by atoms with Gasteiger partial charge in [0, 0.05) is 21.9 Å². The second-order valence-electron chi connectivity index (χ2n) is 5.14. The Morgan fingerprint density at radius 1 is 0.926 bits per heavy atom. The summed E-state index contributed by atoms with van der Waals surface area (Å²) in [7, 11) is 0. The molecule has 0 bridgehead atoms. The Hall–Kier alpha value is -2.04. The van der Waals surface area contributed by atoms with Gasteiger partial charge in [0.1, 0.15) is 0 Å². The Kier molecular flexibility index (Phi) is 5.50. The largest absolute Gasteiger partial charge is 0.335 e. The van der Waals surface area contributed by atoms with E-state index in [1.807, 2.05) is 0 Å². The van der Waals surface area contributed by atoms with Gasteiger partial charge in [0.05, 0.1) is 5.02 Å². The third-order valence-electron chi connectivity index (χ3n) is 3.48. The van der Waals surface area contributed by atoms with E-state index in [0.717, 1.165) is 4.68 Å². The molecule has 0 aliphatic rings. The topological polar surface area (TPSA) is 56.7 Å². The molecule has 12 heteroatoms. The lowest BCUT2D eigenvalue weighted by molar-refractivity contribution is 0.372. The van der Waals surface area contributed by atoms with E-state index < -0.39 is 40.4 Å². The second kappa shape index (κ2) is 7.53. The van der Waals surface area contributed by atoms with Crippen molar-refractivity contribution in [2.45, 2.75) is 10.9 Å². The van der Waals surface area contributed by atoms with E-state index in [1.54, 1.807) is 6.07 Å². The first-order valence-corrected chi connectivity index (χ1v) is 8.75. The first-order valence-electron chi connectivity index (χ1n) is 7.01. The molecular weight excluding hydrogens is 434 g/mol. The number of rotatable bonds is 4. The molecule has 0 aliphatic heterocycles. The van der Waals surface area contributed by atoms with Crippen molar-refractivity contribution in [2.24, 2.45) is 0 Å². The van der Waals surface area contributed by atoms with Crippen LogP contribution in [0.2, 0.25) is 10.0 Å². The molecule has 0 saturated heterocycles. The highest BCUT2D eigenvalue weighted by molar-refractivity contribution is 7.98. The number of hydrogen-bond donors (Lipinski definition) is 1. The molecule has 0 amide bonds. The van der Waals surface area contributed by atoms with Gasteiger partial charge in [-0.05, 0) is 18.2 Å². The molecule has 0 fully saturated rings. The number of benzene rings is 2. The minimum Gasteiger partial charge on any atom is -0.335 e. The fraction of sp³-hybridized carbons (Fsp3) is 0.0667. The van der Waals surface area contributed by atoms with E-state index in [2.05, 4.69) is 10.2 Å². The average molecular weight is 441 g/mol. The molecule has 2 aromatic carbocycles. The number of aromatic nitrogens is 3. The summed E-state index contributed by atoms with van der Waals surface area (Å²) < 4.78 is 68.0. The normalized spacial score (nSPS) is 11.2. The summed E-state index contributed by atoms with van der Waals surface area (Å²) in [6, 6.07) is 4.54. The van der Waals surface area contributed by atoms with Crippen molar-refractivity contribution in [3.05, 3.63) is 62.9 Å².